The summed E-state index contributed by atoms with van der Waals surface area (Å²) in [4.78, 5) is 8.29. The van der Waals surface area contributed by atoms with E-state index < -0.39 is 0 Å². The van der Waals surface area contributed by atoms with Gasteiger partial charge in [0, 0.05) is 12.4 Å². The largest absolute Gasteiger partial charge is 0.231 e. The fraction of sp³-hybridized carbons (Fsp3) is 0.111. The molecule has 0 saturated heterocycles. The molecule has 0 aromatic carbocycles. The van der Waals surface area contributed by atoms with E-state index in [1.165, 1.54) is 11.8 Å². The lowest BCUT2D eigenvalue weighted by Gasteiger charge is -1.98. The molecule has 0 radical (unpaired) electrons. The zero-order valence-corrected chi connectivity index (χ0v) is 9.46. The van der Waals surface area contributed by atoms with E-state index in [1.54, 1.807) is 24.5 Å². The molecule has 15 heavy (non-hydrogen) atoms. The normalized spacial score (nSPS) is 10.3. The third-order valence-corrected chi connectivity index (χ3v) is 2.58. The Bertz CT molecular complexity index is 399. The Hall–Kier alpha value is -1.20. The lowest BCUT2D eigenvalue weighted by Crippen LogP contribution is -1.89. The maximum absolute atomic E-state index is 5.62. The van der Waals surface area contributed by atoms with E-state index in [9.17, 15) is 0 Å². The molecule has 0 atom stereocenters. The Kier molecular flexibility index (Phi) is 3.13. The van der Waals surface area contributed by atoms with Gasteiger partial charge in [0.15, 0.2) is 10.3 Å². The van der Waals surface area contributed by atoms with Crippen LogP contribution in [-0.2, 0) is 0 Å². The summed E-state index contributed by atoms with van der Waals surface area (Å²) < 4.78 is 0. The average Bonchev–Trinajstić information content (AvgIpc) is 2.25. The van der Waals surface area contributed by atoms with E-state index >= 15 is 0 Å². The van der Waals surface area contributed by atoms with Crippen molar-refractivity contribution >= 4 is 23.4 Å². The molecule has 2 aromatic rings. The predicted octanol–water partition coefficient (Wildman–Crippen LogP) is 2.38. The number of aryl methyl sites for hydroxylation is 1. The highest BCUT2D eigenvalue weighted by Gasteiger charge is 2.01. The molecule has 2 aromatic heterocycles. The zero-order valence-electron chi connectivity index (χ0n) is 7.88. The first-order chi connectivity index (χ1) is 7.24. The summed E-state index contributed by atoms with van der Waals surface area (Å²) in [6, 6.07) is 3.47. The molecule has 0 N–H and O–H groups in total. The molecule has 0 aliphatic carbocycles. The van der Waals surface area contributed by atoms with Crippen molar-refractivity contribution in [2.75, 3.05) is 0 Å². The first kappa shape index (κ1) is 10.3. The van der Waals surface area contributed by atoms with Crippen molar-refractivity contribution in [3.63, 3.8) is 0 Å². The molecule has 4 nitrogen and oxygen atoms in total. The standard InChI is InChI=1S/C9H7ClN4S/c1-6-4-11-9(12-5-6)15-8-3-2-7(10)13-14-8/h2-5H,1H3. The fourth-order valence-electron chi connectivity index (χ4n) is 0.885. The molecule has 0 amide bonds. The number of aromatic nitrogens is 4. The van der Waals surface area contributed by atoms with E-state index in [2.05, 4.69) is 20.2 Å². The Labute approximate surface area is 96.1 Å². The van der Waals surface area contributed by atoms with Crippen LogP contribution in [0.4, 0.5) is 0 Å². The third-order valence-electron chi connectivity index (χ3n) is 1.56. The molecule has 2 rings (SSSR count). The van der Waals surface area contributed by atoms with Crippen LogP contribution < -0.4 is 0 Å². The van der Waals surface area contributed by atoms with Crippen LogP contribution in [0.25, 0.3) is 0 Å². The number of hydrogen-bond donors (Lipinski definition) is 0. The maximum atomic E-state index is 5.62. The lowest BCUT2D eigenvalue weighted by molar-refractivity contribution is 0.908. The van der Waals surface area contributed by atoms with Crippen LogP contribution in [0.3, 0.4) is 0 Å². The summed E-state index contributed by atoms with van der Waals surface area (Å²) in [6.07, 6.45) is 3.53. The Morgan fingerprint density at radius 2 is 1.87 bits per heavy atom. The van der Waals surface area contributed by atoms with E-state index in [0.29, 0.717) is 10.3 Å². The highest BCUT2D eigenvalue weighted by atomic mass is 35.5. The van der Waals surface area contributed by atoms with Gasteiger partial charge in [0.1, 0.15) is 5.03 Å². The summed E-state index contributed by atoms with van der Waals surface area (Å²) >= 11 is 6.97. The van der Waals surface area contributed by atoms with Gasteiger partial charge in [-0.05, 0) is 36.4 Å². The SMILES string of the molecule is Cc1cnc(Sc2ccc(Cl)nn2)nc1. The van der Waals surface area contributed by atoms with Crippen LogP contribution in [0.15, 0.2) is 34.7 Å². The summed E-state index contributed by atoms with van der Waals surface area (Å²) in [5.74, 6) is 0. The highest BCUT2D eigenvalue weighted by Crippen LogP contribution is 2.21. The fourth-order valence-corrected chi connectivity index (χ4v) is 1.60. The monoisotopic (exact) mass is 238 g/mol. The van der Waals surface area contributed by atoms with Gasteiger partial charge in [0.05, 0.1) is 0 Å². The topological polar surface area (TPSA) is 51.6 Å². The molecule has 0 bridgehead atoms. The van der Waals surface area contributed by atoms with E-state index in [-0.39, 0.29) is 0 Å². The lowest BCUT2D eigenvalue weighted by atomic mass is 10.4. The zero-order chi connectivity index (χ0) is 10.7. The molecule has 0 unspecified atom stereocenters. The van der Waals surface area contributed by atoms with Gasteiger partial charge >= 0.3 is 0 Å². The molecule has 2 heterocycles. The minimum atomic E-state index is 0.379. The van der Waals surface area contributed by atoms with Crippen molar-refractivity contribution in [3.8, 4) is 0 Å². The van der Waals surface area contributed by atoms with Crippen LogP contribution in [-0.4, -0.2) is 20.2 Å². The number of halogens is 1. The molecule has 0 fully saturated rings. The van der Waals surface area contributed by atoms with E-state index in [0.717, 1.165) is 10.6 Å². The van der Waals surface area contributed by atoms with Gasteiger partial charge in [-0.25, -0.2) is 9.97 Å². The van der Waals surface area contributed by atoms with Gasteiger partial charge in [0.25, 0.3) is 0 Å². The Morgan fingerprint density at radius 3 is 2.47 bits per heavy atom. The second-order valence-electron chi connectivity index (χ2n) is 2.84. The van der Waals surface area contributed by atoms with Crippen molar-refractivity contribution < 1.29 is 0 Å². The highest BCUT2D eigenvalue weighted by molar-refractivity contribution is 7.99. The molecular weight excluding hydrogens is 232 g/mol. The maximum Gasteiger partial charge on any atom is 0.193 e. The van der Waals surface area contributed by atoms with Gasteiger partial charge in [-0.2, -0.15) is 0 Å². The minimum absolute atomic E-state index is 0.379. The van der Waals surface area contributed by atoms with Crippen LogP contribution in [0.2, 0.25) is 5.15 Å². The van der Waals surface area contributed by atoms with Gasteiger partial charge in [-0.3, -0.25) is 0 Å². The van der Waals surface area contributed by atoms with Crippen molar-refractivity contribution in [1.29, 1.82) is 0 Å². The molecule has 0 spiro atoms. The number of rotatable bonds is 2. The summed E-state index contributed by atoms with van der Waals surface area (Å²) in [7, 11) is 0. The van der Waals surface area contributed by atoms with E-state index in [1.807, 2.05) is 6.92 Å². The summed E-state index contributed by atoms with van der Waals surface area (Å²) in [6.45, 7) is 1.94. The van der Waals surface area contributed by atoms with Crippen LogP contribution >= 0.6 is 23.4 Å². The van der Waals surface area contributed by atoms with Crippen LogP contribution in [0, 0.1) is 6.92 Å². The van der Waals surface area contributed by atoms with Crippen molar-refractivity contribution in [2.45, 2.75) is 17.1 Å². The van der Waals surface area contributed by atoms with Crippen molar-refractivity contribution in [3.05, 3.63) is 35.2 Å². The van der Waals surface area contributed by atoms with Gasteiger partial charge in [-0.15, -0.1) is 10.2 Å². The summed E-state index contributed by atoms with van der Waals surface area (Å²) in [5.41, 5.74) is 1.03. The number of nitrogens with zero attached hydrogens (tertiary/aromatic N) is 4. The van der Waals surface area contributed by atoms with Crippen LogP contribution in [0.1, 0.15) is 5.56 Å². The third kappa shape index (κ3) is 2.87. The van der Waals surface area contributed by atoms with E-state index in [4.69, 9.17) is 11.6 Å². The quantitative estimate of drug-likeness (QED) is 0.752. The smallest absolute Gasteiger partial charge is 0.193 e. The molecule has 0 saturated carbocycles. The summed E-state index contributed by atoms with van der Waals surface area (Å²) in [5, 5.41) is 9.38. The van der Waals surface area contributed by atoms with Gasteiger partial charge < -0.3 is 0 Å². The molecule has 0 aliphatic heterocycles. The molecule has 76 valence electrons. The van der Waals surface area contributed by atoms with Crippen LogP contribution in [0.5, 0.6) is 0 Å². The second kappa shape index (κ2) is 4.55. The predicted molar refractivity (Wildman–Crippen MR) is 57.9 cm³/mol. The Morgan fingerprint density at radius 1 is 1.13 bits per heavy atom. The molecule has 6 heteroatoms. The average molecular weight is 239 g/mol. The Balaban J connectivity index is 2.15. The number of hydrogen-bond acceptors (Lipinski definition) is 5. The van der Waals surface area contributed by atoms with Gasteiger partial charge in [0.2, 0.25) is 0 Å². The molecule has 0 aliphatic rings. The second-order valence-corrected chi connectivity index (χ2v) is 4.21. The van der Waals surface area contributed by atoms with Gasteiger partial charge in [-0.1, -0.05) is 11.6 Å². The first-order valence-electron chi connectivity index (χ1n) is 4.20. The van der Waals surface area contributed by atoms with Crippen molar-refractivity contribution in [1.82, 2.24) is 20.2 Å². The minimum Gasteiger partial charge on any atom is -0.231 e. The molecular formula is C9H7ClN4S. The first-order valence-corrected chi connectivity index (χ1v) is 5.39. The van der Waals surface area contributed by atoms with Crippen molar-refractivity contribution in [2.24, 2.45) is 0 Å².